The van der Waals surface area contributed by atoms with Gasteiger partial charge < -0.3 is 10.4 Å². The number of aliphatic carboxylic acids is 1. The number of benzene rings is 2. The molecule has 0 fully saturated rings. The van der Waals surface area contributed by atoms with Crippen LogP contribution < -0.4 is 5.32 Å². The molecular weight excluding hydrogens is 283 g/mol. The number of rotatable bonds is 5. The number of anilines is 1. The third-order valence-corrected chi connectivity index (χ3v) is 2.90. The summed E-state index contributed by atoms with van der Waals surface area (Å²) < 4.78 is 39.3. The lowest BCUT2D eigenvalue weighted by atomic mass is 10.1. The number of hydrogen-bond acceptors (Lipinski definition) is 2. The van der Waals surface area contributed by atoms with Crippen LogP contribution in [0.4, 0.5) is 18.9 Å². The standard InChI is InChI=1S/C15H12F3NO2/c16-11-5-6-12(15(18)14(11)17)19-8-10-3-1-9(2-4-10)7-13(20)21/h1-6,19H,7-8H2,(H,20,21). The maximum absolute atomic E-state index is 13.4. The zero-order chi connectivity index (χ0) is 15.4. The van der Waals surface area contributed by atoms with E-state index in [1.54, 1.807) is 24.3 Å². The second-order valence-corrected chi connectivity index (χ2v) is 4.46. The van der Waals surface area contributed by atoms with E-state index in [9.17, 15) is 18.0 Å². The van der Waals surface area contributed by atoms with Crippen LogP contribution in [0, 0.1) is 17.5 Å². The molecule has 0 spiro atoms. The summed E-state index contributed by atoms with van der Waals surface area (Å²) in [5, 5.41) is 11.3. The van der Waals surface area contributed by atoms with Crippen LogP contribution in [0.1, 0.15) is 11.1 Å². The van der Waals surface area contributed by atoms with Crippen LogP contribution in [-0.4, -0.2) is 11.1 Å². The summed E-state index contributed by atoms with van der Waals surface area (Å²) in [5.74, 6) is -4.95. The largest absolute Gasteiger partial charge is 0.481 e. The number of carboxylic acid groups (broad SMARTS) is 1. The molecule has 2 N–H and O–H groups in total. The number of hydrogen-bond donors (Lipinski definition) is 2. The predicted molar refractivity (Wildman–Crippen MR) is 71.4 cm³/mol. The summed E-state index contributed by atoms with van der Waals surface area (Å²) in [5.41, 5.74) is 1.27. The summed E-state index contributed by atoms with van der Waals surface area (Å²) >= 11 is 0. The van der Waals surface area contributed by atoms with Gasteiger partial charge in [0.25, 0.3) is 0 Å². The summed E-state index contributed by atoms with van der Waals surface area (Å²) in [6.07, 6.45) is -0.0779. The molecule has 0 unspecified atom stereocenters. The Balaban J connectivity index is 2.03. The van der Waals surface area contributed by atoms with Gasteiger partial charge in [0, 0.05) is 6.54 Å². The van der Waals surface area contributed by atoms with Crippen molar-refractivity contribution in [2.75, 3.05) is 5.32 Å². The van der Waals surface area contributed by atoms with Crippen molar-refractivity contribution in [2.45, 2.75) is 13.0 Å². The second kappa shape index (κ2) is 6.30. The Morgan fingerprint density at radius 1 is 0.952 bits per heavy atom. The Kier molecular flexibility index (Phi) is 4.47. The average Bonchev–Trinajstić information content (AvgIpc) is 2.45. The van der Waals surface area contributed by atoms with Gasteiger partial charge in [0.1, 0.15) is 0 Å². The zero-order valence-electron chi connectivity index (χ0n) is 10.9. The fraction of sp³-hybridized carbons (Fsp3) is 0.133. The minimum absolute atomic E-state index is 0.0779. The van der Waals surface area contributed by atoms with E-state index >= 15 is 0 Å². The predicted octanol–water partition coefficient (Wildman–Crippen LogP) is 3.34. The Hall–Kier alpha value is -2.50. The maximum Gasteiger partial charge on any atom is 0.307 e. The van der Waals surface area contributed by atoms with Crippen LogP contribution in [0.2, 0.25) is 0 Å². The molecule has 6 heteroatoms. The van der Waals surface area contributed by atoms with Crippen LogP contribution in [-0.2, 0) is 17.8 Å². The molecule has 0 amide bonds. The van der Waals surface area contributed by atoms with Gasteiger partial charge >= 0.3 is 5.97 Å². The first-order valence-corrected chi connectivity index (χ1v) is 6.14. The van der Waals surface area contributed by atoms with Crippen molar-refractivity contribution >= 4 is 11.7 Å². The van der Waals surface area contributed by atoms with Crippen LogP contribution in [0.3, 0.4) is 0 Å². The fourth-order valence-corrected chi connectivity index (χ4v) is 1.81. The van der Waals surface area contributed by atoms with Crippen molar-refractivity contribution in [1.82, 2.24) is 0 Å². The summed E-state index contributed by atoms with van der Waals surface area (Å²) in [6, 6.07) is 8.62. The van der Waals surface area contributed by atoms with E-state index < -0.39 is 23.4 Å². The molecule has 2 aromatic rings. The van der Waals surface area contributed by atoms with Gasteiger partial charge in [-0.1, -0.05) is 24.3 Å². The van der Waals surface area contributed by atoms with Gasteiger partial charge in [0.15, 0.2) is 17.5 Å². The van der Waals surface area contributed by atoms with Gasteiger partial charge in [0.05, 0.1) is 12.1 Å². The van der Waals surface area contributed by atoms with E-state index in [4.69, 9.17) is 5.11 Å². The topological polar surface area (TPSA) is 49.3 Å². The van der Waals surface area contributed by atoms with E-state index in [1.165, 1.54) is 0 Å². The van der Waals surface area contributed by atoms with E-state index in [-0.39, 0.29) is 18.7 Å². The summed E-state index contributed by atoms with van der Waals surface area (Å²) in [4.78, 5) is 10.5. The Morgan fingerprint density at radius 3 is 2.19 bits per heavy atom. The zero-order valence-corrected chi connectivity index (χ0v) is 10.9. The molecule has 0 aliphatic heterocycles. The molecule has 0 saturated heterocycles. The van der Waals surface area contributed by atoms with Crippen molar-refractivity contribution in [3.05, 3.63) is 65.0 Å². The first-order chi connectivity index (χ1) is 9.97. The van der Waals surface area contributed by atoms with Gasteiger partial charge in [0.2, 0.25) is 0 Å². The highest BCUT2D eigenvalue weighted by atomic mass is 19.2. The van der Waals surface area contributed by atoms with Crippen molar-refractivity contribution in [3.8, 4) is 0 Å². The van der Waals surface area contributed by atoms with Crippen LogP contribution in [0.5, 0.6) is 0 Å². The van der Waals surface area contributed by atoms with Crippen molar-refractivity contribution in [1.29, 1.82) is 0 Å². The first kappa shape index (κ1) is 14.9. The number of halogens is 3. The molecule has 0 saturated carbocycles. The Labute approximate surface area is 119 Å². The lowest BCUT2D eigenvalue weighted by molar-refractivity contribution is -0.136. The van der Waals surface area contributed by atoms with Crippen LogP contribution >= 0.6 is 0 Å². The van der Waals surface area contributed by atoms with Crippen LogP contribution in [0.25, 0.3) is 0 Å². The van der Waals surface area contributed by atoms with E-state index in [0.29, 0.717) is 5.56 Å². The van der Waals surface area contributed by atoms with E-state index in [2.05, 4.69) is 5.32 Å². The molecule has 0 atom stereocenters. The molecule has 0 radical (unpaired) electrons. The molecule has 0 aliphatic carbocycles. The molecule has 110 valence electrons. The lowest BCUT2D eigenvalue weighted by Gasteiger charge is -2.09. The Morgan fingerprint density at radius 2 is 1.57 bits per heavy atom. The fourth-order valence-electron chi connectivity index (χ4n) is 1.81. The van der Waals surface area contributed by atoms with Gasteiger partial charge in [-0.3, -0.25) is 4.79 Å². The Bertz CT molecular complexity index is 657. The molecule has 3 nitrogen and oxygen atoms in total. The molecular formula is C15H12F3NO2. The average molecular weight is 295 g/mol. The third kappa shape index (κ3) is 3.75. The highest BCUT2D eigenvalue weighted by molar-refractivity contribution is 5.70. The second-order valence-electron chi connectivity index (χ2n) is 4.46. The normalized spacial score (nSPS) is 10.4. The monoisotopic (exact) mass is 295 g/mol. The summed E-state index contributed by atoms with van der Waals surface area (Å²) in [7, 11) is 0. The number of nitrogens with one attached hydrogen (secondary N) is 1. The minimum atomic E-state index is -1.52. The van der Waals surface area contributed by atoms with E-state index in [0.717, 1.165) is 17.7 Å². The smallest absolute Gasteiger partial charge is 0.307 e. The molecule has 0 aliphatic rings. The molecule has 2 aromatic carbocycles. The highest BCUT2D eigenvalue weighted by Gasteiger charge is 2.12. The van der Waals surface area contributed by atoms with Crippen LogP contribution in [0.15, 0.2) is 36.4 Å². The number of carboxylic acids is 1. The number of carbonyl (C=O) groups is 1. The first-order valence-electron chi connectivity index (χ1n) is 6.14. The molecule has 0 heterocycles. The summed E-state index contributed by atoms with van der Waals surface area (Å²) in [6.45, 7) is 0.204. The third-order valence-electron chi connectivity index (χ3n) is 2.90. The molecule has 0 bridgehead atoms. The van der Waals surface area contributed by atoms with Crippen molar-refractivity contribution in [3.63, 3.8) is 0 Å². The lowest BCUT2D eigenvalue weighted by Crippen LogP contribution is -2.04. The molecule has 2 rings (SSSR count). The molecule has 0 aromatic heterocycles. The van der Waals surface area contributed by atoms with Gasteiger partial charge in [-0.25, -0.2) is 13.2 Å². The highest BCUT2D eigenvalue weighted by Crippen LogP contribution is 2.20. The van der Waals surface area contributed by atoms with Gasteiger partial charge in [-0.2, -0.15) is 0 Å². The van der Waals surface area contributed by atoms with Gasteiger partial charge in [-0.15, -0.1) is 0 Å². The van der Waals surface area contributed by atoms with E-state index in [1.807, 2.05) is 0 Å². The SMILES string of the molecule is O=C(O)Cc1ccc(CNc2ccc(F)c(F)c2F)cc1. The minimum Gasteiger partial charge on any atom is -0.481 e. The molecule has 21 heavy (non-hydrogen) atoms. The maximum atomic E-state index is 13.4. The quantitative estimate of drug-likeness (QED) is 0.832. The van der Waals surface area contributed by atoms with Crippen molar-refractivity contribution in [2.24, 2.45) is 0 Å². The van der Waals surface area contributed by atoms with Gasteiger partial charge in [-0.05, 0) is 23.3 Å². The van der Waals surface area contributed by atoms with Crippen molar-refractivity contribution < 1.29 is 23.1 Å².